The van der Waals surface area contributed by atoms with Gasteiger partial charge < -0.3 is 5.11 Å². The number of hydrogen-bond acceptors (Lipinski definition) is 1. The zero-order valence-corrected chi connectivity index (χ0v) is 11.6. The van der Waals surface area contributed by atoms with Gasteiger partial charge in [-0.2, -0.15) is 0 Å². The smallest absolute Gasteiger partial charge is 0.336 e. The SMILES string of the molecule is O=C(O)c1cccc2ccc(Cl)cc12.[Zn]. The van der Waals surface area contributed by atoms with Gasteiger partial charge in [0.1, 0.15) is 0 Å². The first-order valence-electron chi connectivity index (χ1n) is 4.10. The first-order valence-corrected chi connectivity index (χ1v) is 4.48. The number of halogens is 1. The van der Waals surface area contributed by atoms with Crippen LogP contribution in [-0.4, -0.2) is 11.1 Å². The van der Waals surface area contributed by atoms with E-state index in [9.17, 15) is 4.79 Å². The second kappa shape index (κ2) is 4.74. The van der Waals surface area contributed by atoms with Crippen molar-refractivity contribution in [2.24, 2.45) is 0 Å². The number of fused-ring (bicyclic) bond motifs is 1. The van der Waals surface area contributed by atoms with Gasteiger partial charge in [0.15, 0.2) is 0 Å². The molecule has 0 saturated heterocycles. The third-order valence-corrected chi connectivity index (χ3v) is 2.31. The van der Waals surface area contributed by atoms with Crippen LogP contribution in [0.1, 0.15) is 10.4 Å². The monoisotopic (exact) mass is 270 g/mol. The Bertz CT molecular complexity index is 511. The van der Waals surface area contributed by atoms with Gasteiger partial charge in [0.05, 0.1) is 5.56 Å². The molecule has 15 heavy (non-hydrogen) atoms. The van der Waals surface area contributed by atoms with Crippen LogP contribution in [0, 0.1) is 0 Å². The summed E-state index contributed by atoms with van der Waals surface area (Å²) < 4.78 is 0. The predicted octanol–water partition coefficient (Wildman–Crippen LogP) is 3.19. The molecule has 0 atom stereocenters. The van der Waals surface area contributed by atoms with Crippen LogP contribution < -0.4 is 0 Å². The van der Waals surface area contributed by atoms with Crippen LogP contribution in [0.3, 0.4) is 0 Å². The maximum absolute atomic E-state index is 10.9. The van der Waals surface area contributed by atoms with E-state index in [1.807, 2.05) is 12.1 Å². The van der Waals surface area contributed by atoms with Crippen LogP contribution in [0.25, 0.3) is 10.8 Å². The quantitative estimate of drug-likeness (QED) is 0.809. The van der Waals surface area contributed by atoms with Crippen molar-refractivity contribution >= 4 is 28.3 Å². The molecule has 2 rings (SSSR count). The number of carbonyl (C=O) groups is 1. The topological polar surface area (TPSA) is 37.3 Å². The van der Waals surface area contributed by atoms with E-state index in [0.717, 1.165) is 5.39 Å². The van der Waals surface area contributed by atoms with Gasteiger partial charge in [-0.1, -0.05) is 29.8 Å². The fourth-order valence-electron chi connectivity index (χ4n) is 1.43. The van der Waals surface area contributed by atoms with Crippen LogP contribution in [0.4, 0.5) is 0 Å². The van der Waals surface area contributed by atoms with Crippen molar-refractivity contribution in [3.05, 3.63) is 47.0 Å². The van der Waals surface area contributed by atoms with Gasteiger partial charge in [0.25, 0.3) is 0 Å². The maximum atomic E-state index is 10.9. The summed E-state index contributed by atoms with van der Waals surface area (Å²) in [5, 5.41) is 11.0. The first-order chi connectivity index (χ1) is 6.68. The average Bonchev–Trinajstić information content (AvgIpc) is 2.16. The molecular formula is C11H7ClO2Zn. The van der Waals surface area contributed by atoms with Gasteiger partial charge in [0, 0.05) is 24.5 Å². The van der Waals surface area contributed by atoms with E-state index in [2.05, 4.69) is 0 Å². The minimum absolute atomic E-state index is 0. The Morgan fingerprint density at radius 1 is 1.20 bits per heavy atom. The Balaban J connectivity index is 0.00000112. The largest absolute Gasteiger partial charge is 0.478 e. The van der Waals surface area contributed by atoms with Gasteiger partial charge in [-0.25, -0.2) is 4.79 Å². The Morgan fingerprint density at radius 2 is 1.93 bits per heavy atom. The van der Waals surface area contributed by atoms with Crippen molar-refractivity contribution in [3.63, 3.8) is 0 Å². The van der Waals surface area contributed by atoms with E-state index in [0.29, 0.717) is 10.4 Å². The fraction of sp³-hybridized carbons (Fsp3) is 0. The van der Waals surface area contributed by atoms with Crippen molar-refractivity contribution in [1.29, 1.82) is 0 Å². The van der Waals surface area contributed by atoms with E-state index in [1.165, 1.54) is 0 Å². The Kier molecular flexibility index (Phi) is 3.84. The van der Waals surface area contributed by atoms with Gasteiger partial charge in [-0.15, -0.1) is 0 Å². The third kappa shape index (κ3) is 2.36. The molecular weight excluding hydrogens is 265 g/mol. The normalized spacial score (nSPS) is 9.67. The van der Waals surface area contributed by atoms with Crippen LogP contribution in [0.15, 0.2) is 36.4 Å². The third-order valence-electron chi connectivity index (χ3n) is 2.07. The van der Waals surface area contributed by atoms with Crippen molar-refractivity contribution in [2.45, 2.75) is 0 Å². The van der Waals surface area contributed by atoms with Crippen LogP contribution in [0.5, 0.6) is 0 Å². The second-order valence-corrected chi connectivity index (χ2v) is 3.41. The molecule has 1 N–H and O–H groups in total. The molecule has 4 heteroatoms. The predicted molar refractivity (Wildman–Crippen MR) is 55.9 cm³/mol. The van der Waals surface area contributed by atoms with E-state index in [1.54, 1.807) is 24.3 Å². The summed E-state index contributed by atoms with van der Waals surface area (Å²) in [6.45, 7) is 0. The van der Waals surface area contributed by atoms with Gasteiger partial charge >= 0.3 is 5.97 Å². The molecule has 0 saturated carbocycles. The van der Waals surface area contributed by atoms with Crippen LogP contribution >= 0.6 is 11.6 Å². The Morgan fingerprint density at radius 3 is 2.60 bits per heavy atom. The number of hydrogen-bond donors (Lipinski definition) is 1. The average molecular weight is 272 g/mol. The van der Waals surface area contributed by atoms with Crippen molar-refractivity contribution < 1.29 is 29.4 Å². The molecule has 0 aliphatic rings. The molecule has 0 fully saturated rings. The number of carboxylic acids is 1. The molecule has 72 valence electrons. The maximum Gasteiger partial charge on any atom is 0.336 e. The van der Waals surface area contributed by atoms with E-state index >= 15 is 0 Å². The minimum Gasteiger partial charge on any atom is -0.478 e. The van der Waals surface area contributed by atoms with Gasteiger partial charge in [0.2, 0.25) is 0 Å². The summed E-state index contributed by atoms with van der Waals surface area (Å²) in [7, 11) is 0. The van der Waals surface area contributed by atoms with E-state index in [-0.39, 0.29) is 25.0 Å². The summed E-state index contributed by atoms with van der Waals surface area (Å²) in [4.78, 5) is 10.9. The van der Waals surface area contributed by atoms with Gasteiger partial charge in [-0.05, 0) is 29.0 Å². The molecule has 0 aromatic heterocycles. The summed E-state index contributed by atoms with van der Waals surface area (Å²) in [5.41, 5.74) is 0.282. The molecule has 0 aliphatic heterocycles. The molecule has 0 unspecified atom stereocenters. The number of rotatable bonds is 1. The van der Waals surface area contributed by atoms with Crippen LogP contribution in [-0.2, 0) is 19.5 Å². The Labute approximate surface area is 105 Å². The number of benzene rings is 2. The zero-order chi connectivity index (χ0) is 10.1. The van der Waals surface area contributed by atoms with Crippen molar-refractivity contribution in [2.75, 3.05) is 0 Å². The second-order valence-electron chi connectivity index (χ2n) is 2.98. The number of aromatic carboxylic acids is 1. The summed E-state index contributed by atoms with van der Waals surface area (Å²) in [5.74, 6) is -0.933. The molecule has 2 aromatic rings. The zero-order valence-electron chi connectivity index (χ0n) is 7.90. The molecule has 2 aromatic carbocycles. The van der Waals surface area contributed by atoms with Crippen LogP contribution in [0.2, 0.25) is 5.02 Å². The molecule has 0 aliphatic carbocycles. The molecule has 0 amide bonds. The van der Waals surface area contributed by atoms with E-state index < -0.39 is 5.97 Å². The van der Waals surface area contributed by atoms with Gasteiger partial charge in [-0.3, -0.25) is 0 Å². The molecule has 0 heterocycles. The molecule has 0 radical (unpaired) electrons. The first kappa shape index (κ1) is 12.2. The summed E-state index contributed by atoms with van der Waals surface area (Å²) in [6.07, 6.45) is 0. The fourth-order valence-corrected chi connectivity index (χ4v) is 1.60. The van der Waals surface area contributed by atoms with Crippen molar-refractivity contribution in [3.8, 4) is 0 Å². The molecule has 0 bridgehead atoms. The van der Waals surface area contributed by atoms with E-state index in [4.69, 9.17) is 16.7 Å². The minimum atomic E-state index is -0.933. The Hall–Kier alpha value is -0.917. The van der Waals surface area contributed by atoms with Crippen molar-refractivity contribution in [1.82, 2.24) is 0 Å². The standard InChI is InChI=1S/C11H7ClO2.Zn/c12-8-5-4-7-2-1-3-9(11(13)14)10(7)6-8;/h1-6H,(H,13,14);. The summed E-state index contributed by atoms with van der Waals surface area (Å²) >= 11 is 5.80. The number of carboxylic acid groups (broad SMARTS) is 1. The molecule has 0 spiro atoms. The summed E-state index contributed by atoms with van der Waals surface area (Å²) in [6, 6.07) is 10.4. The molecule has 2 nitrogen and oxygen atoms in total.